The van der Waals surface area contributed by atoms with Gasteiger partial charge in [-0.1, -0.05) is 0 Å². The van der Waals surface area contributed by atoms with Gasteiger partial charge in [0.2, 0.25) is 0 Å². The summed E-state index contributed by atoms with van der Waals surface area (Å²) >= 11 is -1.75. The van der Waals surface area contributed by atoms with Crippen molar-refractivity contribution in [2.24, 2.45) is 0 Å². The predicted molar refractivity (Wildman–Crippen MR) is 82.3 cm³/mol. The first-order valence-electron chi connectivity index (χ1n) is 7.16. The van der Waals surface area contributed by atoms with Crippen LogP contribution in [0.2, 0.25) is 27.5 Å². The van der Waals surface area contributed by atoms with Crippen LogP contribution in [0, 0.1) is 0 Å². The molecule has 0 aromatic heterocycles. The second kappa shape index (κ2) is 8.66. The third-order valence-corrected chi connectivity index (χ3v) is 6.49. The fraction of sp³-hybridized carbons (Fsp3) is 0.857. The Morgan fingerprint density at radius 3 is 1.75 bits per heavy atom. The summed E-state index contributed by atoms with van der Waals surface area (Å²) in [6.45, 7) is 7.87. The summed E-state index contributed by atoms with van der Waals surface area (Å²) in [5.41, 5.74) is 1.81. The minimum atomic E-state index is -1.75. The molecule has 0 spiro atoms. The predicted octanol–water partition coefficient (Wildman–Crippen LogP) is 5.44. The van der Waals surface area contributed by atoms with E-state index in [2.05, 4.69) is 39.7 Å². The van der Waals surface area contributed by atoms with E-state index >= 15 is 0 Å². The van der Waals surface area contributed by atoms with Crippen molar-refractivity contribution in [1.29, 1.82) is 0 Å². The van der Waals surface area contributed by atoms with Gasteiger partial charge in [-0.2, -0.15) is 0 Å². The van der Waals surface area contributed by atoms with Gasteiger partial charge in [0.15, 0.2) is 0 Å². The average Bonchev–Trinajstić information content (AvgIpc) is 2.15. The number of allylic oxidation sites excluding steroid dienone is 1. The zero-order chi connectivity index (χ0) is 12.6. The van der Waals surface area contributed by atoms with E-state index in [1.54, 1.807) is 0 Å². The minimum absolute atomic E-state index is 0.894. The van der Waals surface area contributed by atoms with E-state index in [4.69, 9.17) is 0 Å². The molecule has 0 aromatic rings. The summed E-state index contributed by atoms with van der Waals surface area (Å²) < 4.78 is 2.74. The molecular weight excluding hydrogens is 298 g/mol. The van der Waals surface area contributed by atoms with E-state index in [1.165, 1.54) is 38.3 Å². The molecule has 0 radical (unpaired) electrons. The van der Waals surface area contributed by atoms with E-state index in [0.29, 0.717) is 0 Å². The summed E-state index contributed by atoms with van der Waals surface area (Å²) in [6.07, 6.45) is 8.15. The van der Waals surface area contributed by atoms with Gasteiger partial charge in [0.25, 0.3) is 0 Å². The van der Waals surface area contributed by atoms with E-state index in [1.807, 2.05) is 5.47 Å². The van der Waals surface area contributed by atoms with E-state index in [-0.39, 0.29) is 0 Å². The molecule has 0 nitrogen and oxygen atoms in total. The molecule has 0 unspecified atom stereocenters. The first kappa shape index (κ1) is 16.6. The van der Waals surface area contributed by atoms with Gasteiger partial charge >= 0.3 is 109 Å². The van der Waals surface area contributed by atoms with Gasteiger partial charge in [0.1, 0.15) is 0 Å². The molecule has 0 heterocycles. The van der Waals surface area contributed by atoms with Gasteiger partial charge in [-0.05, 0) is 0 Å². The van der Waals surface area contributed by atoms with Crippen LogP contribution in [0.1, 0.15) is 46.5 Å². The van der Waals surface area contributed by atoms with Gasteiger partial charge in [0.05, 0.1) is 0 Å². The van der Waals surface area contributed by atoms with E-state index in [0.717, 1.165) is 6.71 Å². The molecule has 0 aromatic carbocycles. The van der Waals surface area contributed by atoms with Gasteiger partial charge in [0, 0.05) is 0 Å². The third-order valence-electron chi connectivity index (χ3n) is 2.96. The Labute approximate surface area is 108 Å². The van der Waals surface area contributed by atoms with Crippen molar-refractivity contribution in [1.82, 2.24) is 0 Å². The molecule has 0 aliphatic heterocycles. The second-order valence-electron chi connectivity index (χ2n) is 6.11. The van der Waals surface area contributed by atoms with E-state index < -0.39 is 18.4 Å². The fourth-order valence-electron chi connectivity index (χ4n) is 2.45. The summed E-state index contributed by atoms with van der Waals surface area (Å²) in [5.74, 6) is 0. The Morgan fingerprint density at radius 1 is 0.938 bits per heavy atom. The monoisotopic (exact) mass is 330 g/mol. The van der Waals surface area contributed by atoms with Crippen molar-refractivity contribution in [2.75, 3.05) is 0 Å². The maximum atomic E-state index is 2.74. The maximum absolute atomic E-state index is 2.74. The van der Waals surface area contributed by atoms with Crippen molar-refractivity contribution in [3.8, 4) is 0 Å². The molecule has 0 saturated carbocycles. The second-order valence-corrected chi connectivity index (χ2v) is 20.4. The third kappa shape index (κ3) is 7.81. The molecule has 0 bridgehead atoms. The van der Waals surface area contributed by atoms with Crippen LogP contribution in [0.5, 0.6) is 0 Å². The quantitative estimate of drug-likeness (QED) is 0.520. The standard InChI is InChI=1S/C11H22B.3CH3.Sn/c1-5-8-11(4)12(9-6-2)10-7-3;;;;/h4H,5-10H2,1-3H3;3*1H3;. The molecule has 0 fully saturated rings. The Balaban J connectivity index is 4.75. The topological polar surface area (TPSA) is 0 Å². The van der Waals surface area contributed by atoms with Crippen LogP contribution in [-0.4, -0.2) is 25.1 Å². The number of hydrogen-bond acceptors (Lipinski definition) is 0. The van der Waals surface area contributed by atoms with Crippen molar-refractivity contribution < 1.29 is 0 Å². The van der Waals surface area contributed by atoms with Crippen LogP contribution in [0.15, 0.2) is 9.56 Å². The Morgan fingerprint density at radius 2 is 1.44 bits per heavy atom. The molecule has 94 valence electrons. The van der Waals surface area contributed by atoms with Crippen LogP contribution in [0.4, 0.5) is 0 Å². The van der Waals surface area contributed by atoms with Crippen molar-refractivity contribution in [3.63, 3.8) is 0 Å². The van der Waals surface area contributed by atoms with Crippen molar-refractivity contribution in [2.45, 2.75) is 73.9 Å². The van der Waals surface area contributed by atoms with Gasteiger partial charge in [-0.15, -0.1) is 0 Å². The van der Waals surface area contributed by atoms with Crippen molar-refractivity contribution in [3.05, 3.63) is 9.56 Å². The molecule has 0 amide bonds. The Kier molecular flexibility index (Phi) is 8.99. The van der Waals surface area contributed by atoms with E-state index in [9.17, 15) is 0 Å². The molecule has 0 saturated heterocycles. The number of hydrogen-bond donors (Lipinski definition) is 0. The molecule has 16 heavy (non-hydrogen) atoms. The van der Waals surface area contributed by atoms with Crippen LogP contribution in [0.25, 0.3) is 0 Å². The summed E-state index contributed by atoms with van der Waals surface area (Å²) in [4.78, 5) is 7.58. The average molecular weight is 329 g/mol. The molecule has 0 aliphatic rings. The molecule has 2 heteroatoms. The summed E-state index contributed by atoms with van der Waals surface area (Å²) in [6, 6.07) is 0. The number of rotatable bonds is 8. The molecular formula is C14H31BSn. The van der Waals surface area contributed by atoms with Crippen LogP contribution in [-0.2, 0) is 0 Å². The van der Waals surface area contributed by atoms with Gasteiger partial charge in [-0.25, -0.2) is 0 Å². The first-order chi connectivity index (χ1) is 7.44. The summed E-state index contributed by atoms with van der Waals surface area (Å²) in [5, 5.41) is 0. The van der Waals surface area contributed by atoms with Gasteiger partial charge in [-0.3, -0.25) is 0 Å². The Bertz CT molecular complexity index is 197. The van der Waals surface area contributed by atoms with Crippen LogP contribution >= 0.6 is 0 Å². The molecule has 0 aliphatic carbocycles. The van der Waals surface area contributed by atoms with Crippen molar-refractivity contribution >= 4 is 25.1 Å². The fourth-order valence-corrected chi connectivity index (χ4v) is 6.71. The molecule has 0 N–H and O–H groups in total. The molecule has 0 atom stereocenters. The SMILES string of the molecule is CCCB(CCC)/C(=[CH]\[Sn]([CH3])([CH3])[CH3])CCC. The van der Waals surface area contributed by atoms with Crippen LogP contribution < -0.4 is 0 Å². The summed E-state index contributed by atoms with van der Waals surface area (Å²) in [7, 11) is 0. The zero-order valence-corrected chi connectivity index (χ0v) is 15.3. The normalized spacial score (nSPS) is 13.0. The van der Waals surface area contributed by atoms with Gasteiger partial charge < -0.3 is 0 Å². The Hall–Kier alpha value is 0.604. The first-order valence-corrected chi connectivity index (χ1v) is 17.4. The zero-order valence-electron chi connectivity index (χ0n) is 12.4. The molecule has 0 rings (SSSR count). The van der Waals surface area contributed by atoms with Crippen LogP contribution in [0.3, 0.4) is 0 Å².